The largest absolute Gasteiger partial charge is 0.359 e. The Labute approximate surface area is 301 Å². The van der Waals surface area contributed by atoms with Crippen LogP contribution in [0.3, 0.4) is 0 Å². The van der Waals surface area contributed by atoms with Gasteiger partial charge in [-0.2, -0.15) is 13.5 Å². The smallest absolute Gasteiger partial charge is 0.216 e. The molecule has 0 aliphatic rings. The van der Waals surface area contributed by atoms with Gasteiger partial charge < -0.3 is 21.3 Å². The van der Waals surface area contributed by atoms with E-state index in [9.17, 15) is 9.59 Å². The summed E-state index contributed by atoms with van der Waals surface area (Å²) in [5.41, 5.74) is 0. The van der Waals surface area contributed by atoms with E-state index in [4.69, 9.17) is 0 Å². The van der Waals surface area contributed by atoms with Gasteiger partial charge in [0.05, 0.1) is 0 Å². The first-order chi connectivity index (χ1) is 12.4. The van der Waals surface area contributed by atoms with Crippen LogP contribution in [0.2, 0.25) is 0 Å². The van der Waals surface area contributed by atoms with Gasteiger partial charge in [0.2, 0.25) is 11.8 Å². The predicted octanol–water partition coefficient (Wildman–Crippen LogP) is 5.93. The molecule has 0 aromatic carbocycles. The molecule has 6 nitrogen and oxygen atoms in total. The van der Waals surface area contributed by atoms with Gasteiger partial charge in [-0.1, -0.05) is 84.1 Å². The van der Waals surface area contributed by atoms with Gasteiger partial charge in [-0.3, -0.25) is 9.59 Å². The molecular weight excluding hydrogens is 930 g/mol. The van der Waals surface area contributed by atoms with E-state index in [1.165, 1.54) is 13.8 Å². The standard InChI is InChI=1S/2C3H7NO.2C2H7N.5C2H6.2CH4.H2S.2W.2Y.H2/c2*1-3(5)4-2;2*1-3-2;5*1-2;;;;;;;;/h2*1-2H3,(H,4,5);2*3H,1-2H3;5*1-2H3;2*1H4;1H2;;;;;1H/i;;;;;;;;;;;;;;;;1+2. The molecule has 0 saturated heterocycles. The fourth-order valence-corrected chi connectivity index (χ4v) is 0. The second kappa shape index (κ2) is 243. The van der Waals surface area contributed by atoms with Crippen LogP contribution in [-0.4, -0.2) is 54.1 Å². The Morgan fingerprint density at radius 1 is 0.485 bits per heavy atom. The van der Waals surface area contributed by atoms with Gasteiger partial charge in [-0.05, 0) is 28.2 Å². The Kier molecular flexibility index (Phi) is 814. The van der Waals surface area contributed by atoms with Crippen LogP contribution in [-0.2, 0) is 117 Å². The van der Waals surface area contributed by atoms with Crippen molar-refractivity contribution < 1.29 is 119 Å². The van der Waals surface area contributed by atoms with E-state index in [1.54, 1.807) is 14.1 Å². The van der Waals surface area contributed by atoms with Gasteiger partial charge in [-0.25, -0.2) is 0 Å². The first-order valence-corrected chi connectivity index (χ1v) is 9.91. The van der Waals surface area contributed by atoms with E-state index < -0.39 is 0 Å². The molecule has 0 aliphatic heterocycles. The average Bonchev–Trinajstić information content (AvgIpc) is 2.71. The van der Waals surface area contributed by atoms with Crippen LogP contribution in [0.4, 0.5) is 0 Å². The molecule has 0 unspecified atom stereocenters. The van der Waals surface area contributed by atoms with Crippen molar-refractivity contribution in [3.63, 3.8) is 0 Å². The molecule has 0 bridgehead atoms. The number of carbonyl (C=O) groups is 2. The van der Waals surface area contributed by atoms with Gasteiger partial charge in [-0.15, -0.1) is 0 Å². The molecule has 0 saturated carbocycles. The average molecular weight is 1000 g/mol. The molecule has 2 radical (unpaired) electrons. The van der Waals surface area contributed by atoms with Crippen molar-refractivity contribution in [2.75, 3.05) is 42.3 Å². The topological polar surface area (TPSA) is 82.3 Å². The van der Waals surface area contributed by atoms with Gasteiger partial charge in [0.25, 0.3) is 0 Å². The molecule has 11 heteroatoms. The summed E-state index contributed by atoms with van der Waals surface area (Å²) in [5, 5.41) is 10.3. The number of carbonyl (C=O) groups excluding carboxylic acids is 2. The fraction of sp³-hybridized carbons (Fsp3) is 0.909. The van der Waals surface area contributed by atoms with E-state index in [0.29, 0.717) is 0 Å². The molecule has 0 spiro atoms. The zero-order chi connectivity index (χ0) is 24.0. The Morgan fingerprint density at radius 3 is 0.515 bits per heavy atom. The second-order valence-corrected chi connectivity index (χ2v) is 2.61. The number of hydrogen-bond acceptors (Lipinski definition) is 4. The Hall–Kier alpha value is 2.79. The summed E-state index contributed by atoms with van der Waals surface area (Å²) < 4.78 is 0. The van der Waals surface area contributed by atoms with E-state index in [-0.39, 0.29) is 149 Å². The first kappa shape index (κ1) is 111. The normalized spacial score (nSPS) is 4.06. The molecule has 0 aromatic rings. The van der Waals surface area contributed by atoms with Crippen molar-refractivity contribution in [3.05, 3.63) is 0 Å². The van der Waals surface area contributed by atoms with E-state index >= 15 is 0 Å². The summed E-state index contributed by atoms with van der Waals surface area (Å²) in [5.74, 6) is 0.00926. The predicted molar refractivity (Wildman–Crippen MR) is 152 cm³/mol. The van der Waals surface area contributed by atoms with Gasteiger partial charge in [0.1, 0.15) is 0 Å². The van der Waals surface area contributed by atoms with Crippen molar-refractivity contribution in [2.24, 2.45) is 0 Å². The Morgan fingerprint density at radius 2 is 0.515 bits per heavy atom. The maximum Gasteiger partial charge on any atom is 0.216 e. The Bertz CT molecular complexity index is 165. The van der Waals surface area contributed by atoms with Crippen molar-refractivity contribution >= 4 is 25.3 Å². The molecule has 33 heavy (non-hydrogen) atoms. The molecule has 0 fully saturated rings. The quantitative estimate of drug-likeness (QED) is 0.243. The van der Waals surface area contributed by atoms with Gasteiger partial charge in [0, 0.05) is 137 Å². The first-order valence-electron chi connectivity index (χ1n) is 9.91. The van der Waals surface area contributed by atoms with Crippen molar-refractivity contribution in [3.8, 4) is 0 Å². The minimum absolute atomic E-state index is 0. The van der Waals surface area contributed by atoms with Crippen LogP contribution in [0.15, 0.2) is 0 Å². The van der Waals surface area contributed by atoms with E-state index in [0.717, 1.165) is 0 Å². The summed E-state index contributed by atoms with van der Waals surface area (Å²) in [6.07, 6.45) is 0. The maximum absolute atomic E-state index is 9.70. The van der Waals surface area contributed by atoms with Crippen molar-refractivity contribution in [1.29, 1.82) is 0 Å². The summed E-state index contributed by atoms with van der Waals surface area (Å²) in [6.45, 7) is 22.9. The second-order valence-electron chi connectivity index (χ2n) is 2.61. The molecule has 4 N–H and O–H groups in total. The van der Waals surface area contributed by atoms with Gasteiger partial charge >= 0.3 is 0 Å². The summed E-state index contributed by atoms with van der Waals surface area (Å²) in [4.78, 5) is 19.4. The Balaban J connectivity index is -0.00000000636. The molecule has 2 amide bonds. The summed E-state index contributed by atoms with van der Waals surface area (Å²) in [6, 6.07) is 0. The minimum Gasteiger partial charge on any atom is -0.359 e. The third kappa shape index (κ3) is 811. The van der Waals surface area contributed by atoms with Crippen LogP contribution in [0.5, 0.6) is 0 Å². The van der Waals surface area contributed by atoms with Crippen LogP contribution >= 0.6 is 13.5 Å². The summed E-state index contributed by atoms with van der Waals surface area (Å²) >= 11 is 0. The maximum atomic E-state index is 9.70. The minimum atomic E-state index is 0. The van der Waals surface area contributed by atoms with Crippen LogP contribution in [0.1, 0.15) is 99.4 Å². The molecular formula is C22H70N4O2SW2Y2. The van der Waals surface area contributed by atoms with Crippen LogP contribution < -0.4 is 21.3 Å². The fourth-order valence-electron chi connectivity index (χ4n) is 0. The molecule has 214 valence electrons. The molecule has 0 rings (SSSR count). The van der Waals surface area contributed by atoms with Crippen molar-refractivity contribution in [2.45, 2.75) is 97.9 Å². The number of hydrogen-bond donors (Lipinski definition) is 4. The third-order valence-corrected chi connectivity index (χ3v) is 0.704. The SMILES string of the molecule is C.C.CC.CC.CC.CC.CC.CNC.CNC.CNC(C)=O.CNC(C)=O.S.[3HH].[W].[W].[Y].[Y]. The van der Waals surface area contributed by atoms with Crippen LogP contribution in [0, 0.1) is 0 Å². The zero-order valence-electron chi connectivity index (χ0n) is 24.3. The summed E-state index contributed by atoms with van der Waals surface area (Å²) in [7, 11) is 10.7. The van der Waals surface area contributed by atoms with Crippen LogP contribution in [0.25, 0.3) is 0 Å². The van der Waals surface area contributed by atoms with Gasteiger partial charge in [0.15, 0.2) is 0 Å². The van der Waals surface area contributed by atoms with E-state index in [2.05, 4.69) is 21.3 Å². The third-order valence-electron chi connectivity index (χ3n) is 0.704. The number of nitrogens with one attached hydrogen (secondary N) is 4. The molecule has 0 aromatic heterocycles. The zero-order valence-corrected chi connectivity index (χ0v) is 36.8. The molecule has 0 heterocycles. The number of amides is 2. The molecule has 0 aliphatic carbocycles. The van der Waals surface area contributed by atoms with Crippen molar-refractivity contribution in [1.82, 2.24) is 21.3 Å². The number of rotatable bonds is 0. The van der Waals surface area contributed by atoms with E-state index in [1.807, 2.05) is 97.4 Å². The monoisotopic (exact) mass is 1000 g/mol. The molecule has 0 atom stereocenters.